The van der Waals surface area contributed by atoms with E-state index in [0.29, 0.717) is 5.75 Å². The number of aromatic nitrogens is 1. The number of likely N-dealkylation sites (tertiary alicyclic amines) is 1. The summed E-state index contributed by atoms with van der Waals surface area (Å²) < 4.78 is 5.93. The van der Waals surface area contributed by atoms with E-state index in [4.69, 9.17) is 16.0 Å². The molecule has 152 valence electrons. The molecule has 0 unspecified atom stereocenters. The van der Waals surface area contributed by atoms with Gasteiger partial charge in [-0.25, -0.2) is 4.98 Å². The number of halogens is 1. The fourth-order valence-electron chi connectivity index (χ4n) is 4.05. The van der Waals surface area contributed by atoms with Crippen molar-refractivity contribution in [2.24, 2.45) is 0 Å². The molecule has 1 aromatic heterocycles. The van der Waals surface area contributed by atoms with Crippen LogP contribution in [0.25, 0.3) is 21.9 Å². The van der Waals surface area contributed by atoms with Crippen molar-refractivity contribution in [2.75, 3.05) is 18.8 Å². The average molecular weight is 437 g/mol. The highest BCUT2D eigenvalue weighted by Gasteiger charge is 2.27. The molecule has 1 aliphatic rings. The number of para-hydroxylation sites is 2. The largest absolute Gasteiger partial charge is 0.440 e. The lowest BCUT2D eigenvalue weighted by Gasteiger charge is -2.30. The van der Waals surface area contributed by atoms with Crippen LogP contribution in [0.15, 0.2) is 70.0 Å². The molecule has 30 heavy (non-hydrogen) atoms. The number of thioether (sulfide) groups is 1. The smallest absolute Gasteiger partial charge is 0.232 e. The van der Waals surface area contributed by atoms with E-state index in [9.17, 15) is 4.79 Å². The number of hydrogen-bond donors (Lipinski definition) is 0. The third kappa shape index (κ3) is 3.80. The number of carbonyl (C=O) groups excluding carboxylic acids is 1. The number of piperidine rings is 1. The SMILES string of the molecule is O=C(CSc1cccc2cccc(Cl)c12)N1CCC(c2nc3ccccc3o2)CC1. The summed E-state index contributed by atoms with van der Waals surface area (Å²) in [5.41, 5.74) is 1.73. The van der Waals surface area contributed by atoms with Crippen molar-refractivity contribution in [1.82, 2.24) is 9.88 Å². The van der Waals surface area contributed by atoms with Gasteiger partial charge in [0.2, 0.25) is 5.91 Å². The summed E-state index contributed by atoms with van der Waals surface area (Å²) in [7, 11) is 0. The predicted molar refractivity (Wildman–Crippen MR) is 122 cm³/mol. The summed E-state index contributed by atoms with van der Waals surface area (Å²) in [5, 5.41) is 2.84. The molecule has 0 bridgehead atoms. The number of nitrogens with zero attached hydrogens (tertiary/aromatic N) is 2. The predicted octanol–water partition coefficient (Wildman–Crippen LogP) is 6.13. The molecule has 6 heteroatoms. The molecule has 2 heterocycles. The zero-order valence-corrected chi connectivity index (χ0v) is 18.0. The van der Waals surface area contributed by atoms with Crippen LogP contribution in [0.5, 0.6) is 0 Å². The van der Waals surface area contributed by atoms with E-state index >= 15 is 0 Å². The highest BCUT2D eigenvalue weighted by Crippen LogP contribution is 2.34. The maximum Gasteiger partial charge on any atom is 0.232 e. The first-order chi connectivity index (χ1) is 14.7. The van der Waals surface area contributed by atoms with E-state index in [1.165, 1.54) is 0 Å². The Morgan fingerprint density at radius 1 is 1.07 bits per heavy atom. The van der Waals surface area contributed by atoms with Gasteiger partial charge in [-0.15, -0.1) is 11.8 Å². The van der Waals surface area contributed by atoms with Crippen LogP contribution in [0.3, 0.4) is 0 Å². The van der Waals surface area contributed by atoms with Crippen molar-refractivity contribution in [3.8, 4) is 0 Å². The number of rotatable bonds is 4. The lowest BCUT2D eigenvalue weighted by molar-refractivity contribution is -0.129. The second kappa shape index (κ2) is 8.32. The van der Waals surface area contributed by atoms with Gasteiger partial charge in [0, 0.05) is 34.3 Å². The lowest BCUT2D eigenvalue weighted by atomic mass is 9.97. The minimum Gasteiger partial charge on any atom is -0.440 e. The third-order valence-electron chi connectivity index (χ3n) is 5.67. The molecule has 0 aliphatic carbocycles. The lowest BCUT2D eigenvalue weighted by Crippen LogP contribution is -2.39. The van der Waals surface area contributed by atoms with Gasteiger partial charge in [-0.2, -0.15) is 0 Å². The van der Waals surface area contributed by atoms with Crippen molar-refractivity contribution in [3.63, 3.8) is 0 Å². The first kappa shape index (κ1) is 19.5. The van der Waals surface area contributed by atoms with Crippen LogP contribution in [0.2, 0.25) is 5.02 Å². The Kier molecular flexibility index (Phi) is 5.40. The topological polar surface area (TPSA) is 46.3 Å². The molecular weight excluding hydrogens is 416 g/mol. The molecule has 5 rings (SSSR count). The normalized spacial score (nSPS) is 15.2. The van der Waals surface area contributed by atoms with E-state index in [-0.39, 0.29) is 11.8 Å². The van der Waals surface area contributed by atoms with E-state index < -0.39 is 0 Å². The van der Waals surface area contributed by atoms with Crippen LogP contribution < -0.4 is 0 Å². The number of oxazole rings is 1. The Labute approximate surface area is 184 Å². The van der Waals surface area contributed by atoms with Crippen molar-refractivity contribution in [2.45, 2.75) is 23.7 Å². The molecule has 4 nitrogen and oxygen atoms in total. The van der Waals surface area contributed by atoms with Crippen molar-refractivity contribution < 1.29 is 9.21 Å². The van der Waals surface area contributed by atoms with Crippen LogP contribution >= 0.6 is 23.4 Å². The number of amides is 1. The van der Waals surface area contributed by atoms with Gasteiger partial charge in [-0.05, 0) is 42.5 Å². The first-order valence-electron chi connectivity index (χ1n) is 10.1. The number of carbonyl (C=O) groups is 1. The van der Waals surface area contributed by atoms with E-state index in [0.717, 1.165) is 63.6 Å². The van der Waals surface area contributed by atoms with Crippen molar-refractivity contribution >= 4 is 51.1 Å². The zero-order chi connectivity index (χ0) is 20.5. The van der Waals surface area contributed by atoms with Gasteiger partial charge < -0.3 is 9.32 Å². The van der Waals surface area contributed by atoms with Crippen molar-refractivity contribution in [1.29, 1.82) is 0 Å². The number of fused-ring (bicyclic) bond motifs is 2. The van der Waals surface area contributed by atoms with Gasteiger partial charge >= 0.3 is 0 Å². The maximum absolute atomic E-state index is 12.8. The summed E-state index contributed by atoms with van der Waals surface area (Å²) in [6.45, 7) is 1.47. The minimum absolute atomic E-state index is 0.167. The molecule has 1 saturated heterocycles. The van der Waals surface area contributed by atoms with Crippen LogP contribution in [-0.4, -0.2) is 34.6 Å². The summed E-state index contributed by atoms with van der Waals surface area (Å²) in [6, 6.07) is 19.8. The highest BCUT2D eigenvalue weighted by atomic mass is 35.5. The molecular formula is C24H21ClN2O2S. The monoisotopic (exact) mass is 436 g/mol. The van der Waals surface area contributed by atoms with Gasteiger partial charge in [0.25, 0.3) is 0 Å². The molecule has 1 amide bonds. The fraction of sp³-hybridized carbons (Fsp3) is 0.250. The van der Waals surface area contributed by atoms with Crippen LogP contribution in [0.4, 0.5) is 0 Å². The van der Waals surface area contributed by atoms with Crippen molar-refractivity contribution in [3.05, 3.63) is 71.6 Å². The number of hydrogen-bond acceptors (Lipinski definition) is 4. The van der Waals surface area contributed by atoms with Gasteiger partial charge in [-0.1, -0.05) is 48.0 Å². The minimum atomic E-state index is 0.167. The first-order valence-corrected chi connectivity index (χ1v) is 11.5. The molecule has 0 N–H and O–H groups in total. The molecule has 3 aromatic carbocycles. The number of benzene rings is 3. The van der Waals surface area contributed by atoms with E-state index in [1.807, 2.05) is 65.6 Å². The summed E-state index contributed by atoms with van der Waals surface area (Å²) in [4.78, 5) is 20.4. The quantitative estimate of drug-likeness (QED) is 0.361. The second-order valence-electron chi connectivity index (χ2n) is 7.56. The van der Waals surface area contributed by atoms with Gasteiger partial charge in [0.1, 0.15) is 5.52 Å². The Bertz CT molecular complexity index is 1180. The van der Waals surface area contributed by atoms with Crippen LogP contribution in [0, 0.1) is 0 Å². The van der Waals surface area contributed by atoms with E-state index in [2.05, 4.69) is 4.98 Å². The molecule has 0 atom stereocenters. The Hall–Kier alpha value is -2.50. The molecule has 1 aliphatic heterocycles. The molecule has 0 spiro atoms. The van der Waals surface area contributed by atoms with Crippen LogP contribution in [-0.2, 0) is 4.79 Å². The standard InChI is InChI=1S/C24H21ClN2O2S/c25-18-7-3-5-16-6-4-10-21(23(16)18)30-15-22(28)27-13-11-17(12-14-27)24-26-19-8-1-2-9-20(19)29-24/h1-10,17H,11-15H2. The average Bonchev–Trinajstić information content (AvgIpc) is 3.22. The van der Waals surface area contributed by atoms with Gasteiger partial charge in [0.05, 0.1) is 5.75 Å². The Morgan fingerprint density at radius 2 is 1.83 bits per heavy atom. The highest BCUT2D eigenvalue weighted by molar-refractivity contribution is 8.00. The second-order valence-corrected chi connectivity index (χ2v) is 8.98. The summed E-state index contributed by atoms with van der Waals surface area (Å²) in [5.74, 6) is 1.65. The fourth-order valence-corrected chi connectivity index (χ4v) is 5.40. The maximum atomic E-state index is 12.8. The molecule has 1 fully saturated rings. The van der Waals surface area contributed by atoms with Crippen LogP contribution in [0.1, 0.15) is 24.7 Å². The molecule has 0 saturated carbocycles. The van der Waals surface area contributed by atoms with Gasteiger partial charge in [0.15, 0.2) is 11.5 Å². The Balaban J connectivity index is 1.21. The van der Waals surface area contributed by atoms with E-state index in [1.54, 1.807) is 11.8 Å². The Morgan fingerprint density at radius 3 is 2.63 bits per heavy atom. The molecule has 4 aromatic rings. The molecule has 0 radical (unpaired) electrons. The third-order valence-corrected chi connectivity index (χ3v) is 7.03. The zero-order valence-electron chi connectivity index (χ0n) is 16.4. The van der Waals surface area contributed by atoms with Gasteiger partial charge in [-0.3, -0.25) is 4.79 Å². The summed E-state index contributed by atoms with van der Waals surface area (Å²) >= 11 is 7.97. The summed E-state index contributed by atoms with van der Waals surface area (Å²) in [6.07, 6.45) is 1.76.